The largest absolute Gasteiger partial charge is 0.393 e. The van der Waals surface area contributed by atoms with E-state index in [1.54, 1.807) is 0 Å². The van der Waals surface area contributed by atoms with Crippen LogP contribution in [0.4, 0.5) is 0 Å². The van der Waals surface area contributed by atoms with Gasteiger partial charge >= 0.3 is 0 Å². The van der Waals surface area contributed by atoms with Gasteiger partial charge < -0.3 is 15.3 Å². The molecule has 0 bridgehead atoms. The summed E-state index contributed by atoms with van der Waals surface area (Å²) in [6.45, 7) is 3.64. The lowest BCUT2D eigenvalue weighted by Crippen LogP contribution is -2.47. The summed E-state index contributed by atoms with van der Waals surface area (Å²) in [5.74, 6) is 0.825. The number of nitrogens with one attached hydrogen (secondary N) is 1. The topological polar surface area (TPSA) is 35.5 Å². The third-order valence-corrected chi connectivity index (χ3v) is 3.53. The van der Waals surface area contributed by atoms with Crippen molar-refractivity contribution in [2.75, 3.05) is 26.7 Å². The zero-order valence-corrected chi connectivity index (χ0v) is 9.08. The Kier molecular flexibility index (Phi) is 3.42. The molecule has 2 rings (SSSR count). The van der Waals surface area contributed by atoms with Crippen molar-refractivity contribution < 1.29 is 5.11 Å². The van der Waals surface area contributed by atoms with Gasteiger partial charge in [0.05, 0.1) is 6.10 Å². The monoisotopic (exact) mass is 198 g/mol. The molecule has 0 aromatic heterocycles. The molecule has 0 aromatic carbocycles. The molecule has 14 heavy (non-hydrogen) atoms. The fourth-order valence-electron chi connectivity index (χ4n) is 2.53. The number of hydrogen-bond acceptors (Lipinski definition) is 3. The Labute approximate surface area is 86.5 Å². The molecular formula is C11H22N2O. The lowest BCUT2D eigenvalue weighted by molar-refractivity contribution is 0.0589. The van der Waals surface area contributed by atoms with E-state index in [9.17, 15) is 0 Å². The van der Waals surface area contributed by atoms with Crippen molar-refractivity contribution in [3.63, 3.8) is 0 Å². The Morgan fingerprint density at radius 1 is 1.43 bits per heavy atom. The summed E-state index contributed by atoms with van der Waals surface area (Å²) in [6, 6.07) is 0.595. The smallest absolute Gasteiger partial charge is 0.0570 e. The maximum absolute atomic E-state index is 9.15. The molecular weight excluding hydrogens is 176 g/mol. The lowest BCUT2D eigenvalue weighted by Gasteiger charge is -2.35. The fourth-order valence-corrected chi connectivity index (χ4v) is 2.53. The van der Waals surface area contributed by atoms with E-state index in [0.29, 0.717) is 6.04 Å². The molecule has 3 nitrogen and oxygen atoms in total. The molecule has 0 spiro atoms. The third-order valence-electron chi connectivity index (χ3n) is 3.53. The molecule has 1 unspecified atom stereocenters. The Morgan fingerprint density at radius 2 is 2.21 bits per heavy atom. The van der Waals surface area contributed by atoms with Crippen LogP contribution in [-0.2, 0) is 0 Å². The van der Waals surface area contributed by atoms with Gasteiger partial charge in [0.1, 0.15) is 0 Å². The van der Waals surface area contributed by atoms with E-state index in [0.717, 1.165) is 25.3 Å². The van der Waals surface area contributed by atoms with Crippen molar-refractivity contribution in [3.05, 3.63) is 0 Å². The van der Waals surface area contributed by atoms with E-state index in [2.05, 4.69) is 17.3 Å². The summed E-state index contributed by atoms with van der Waals surface area (Å²) in [5, 5.41) is 12.7. The minimum absolute atomic E-state index is 0.0264. The number of rotatable bonds is 3. The van der Waals surface area contributed by atoms with E-state index in [4.69, 9.17) is 5.11 Å². The normalized spacial score (nSPS) is 39.4. The Hall–Kier alpha value is -0.120. The molecule has 1 aliphatic heterocycles. The van der Waals surface area contributed by atoms with Crippen LogP contribution in [0.15, 0.2) is 0 Å². The van der Waals surface area contributed by atoms with Crippen LogP contribution in [0.3, 0.4) is 0 Å². The molecule has 1 atom stereocenters. The SMILES string of the molecule is CN1CCCC(CNC2CC(O)C2)C1. The van der Waals surface area contributed by atoms with Crippen molar-refractivity contribution in [2.45, 2.75) is 37.8 Å². The Bertz CT molecular complexity index is 180. The van der Waals surface area contributed by atoms with Crippen LogP contribution in [0.5, 0.6) is 0 Å². The van der Waals surface area contributed by atoms with Gasteiger partial charge in [-0.2, -0.15) is 0 Å². The zero-order valence-electron chi connectivity index (χ0n) is 9.08. The summed E-state index contributed by atoms with van der Waals surface area (Å²) < 4.78 is 0. The molecule has 0 radical (unpaired) electrons. The maximum Gasteiger partial charge on any atom is 0.0570 e. The highest BCUT2D eigenvalue weighted by atomic mass is 16.3. The zero-order chi connectivity index (χ0) is 9.97. The molecule has 2 aliphatic rings. The van der Waals surface area contributed by atoms with Gasteiger partial charge in [-0.05, 0) is 51.7 Å². The van der Waals surface area contributed by atoms with Crippen LogP contribution in [0, 0.1) is 5.92 Å². The molecule has 0 amide bonds. The van der Waals surface area contributed by atoms with E-state index < -0.39 is 0 Å². The first-order valence-electron chi connectivity index (χ1n) is 5.84. The summed E-state index contributed by atoms with van der Waals surface area (Å²) in [5.41, 5.74) is 0. The van der Waals surface area contributed by atoms with Crippen molar-refractivity contribution in [1.29, 1.82) is 0 Å². The van der Waals surface area contributed by atoms with E-state index >= 15 is 0 Å². The van der Waals surface area contributed by atoms with Gasteiger partial charge in [0.15, 0.2) is 0 Å². The minimum Gasteiger partial charge on any atom is -0.393 e. The van der Waals surface area contributed by atoms with Gasteiger partial charge in [0, 0.05) is 12.6 Å². The van der Waals surface area contributed by atoms with Crippen LogP contribution < -0.4 is 5.32 Å². The van der Waals surface area contributed by atoms with Gasteiger partial charge in [0.2, 0.25) is 0 Å². The predicted molar refractivity (Wildman–Crippen MR) is 57.3 cm³/mol. The van der Waals surface area contributed by atoms with Crippen LogP contribution in [-0.4, -0.2) is 48.8 Å². The molecule has 1 saturated carbocycles. The quantitative estimate of drug-likeness (QED) is 0.691. The number of likely N-dealkylation sites (tertiary alicyclic amines) is 1. The second-order valence-electron chi connectivity index (χ2n) is 5.00. The molecule has 82 valence electrons. The highest BCUT2D eigenvalue weighted by molar-refractivity contribution is 4.85. The molecule has 1 heterocycles. The number of piperidine rings is 1. The molecule has 0 aromatic rings. The summed E-state index contributed by atoms with van der Waals surface area (Å²) in [4.78, 5) is 2.42. The standard InChI is InChI=1S/C11H22N2O/c1-13-4-2-3-9(8-13)7-12-10-5-11(14)6-10/h9-12,14H,2-8H2,1H3. The summed E-state index contributed by atoms with van der Waals surface area (Å²) >= 11 is 0. The van der Waals surface area contributed by atoms with Crippen LogP contribution in [0.1, 0.15) is 25.7 Å². The van der Waals surface area contributed by atoms with E-state index in [1.807, 2.05) is 0 Å². The second kappa shape index (κ2) is 4.60. The van der Waals surface area contributed by atoms with Gasteiger partial charge in [-0.25, -0.2) is 0 Å². The third kappa shape index (κ3) is 2.69. The van der Waals surface area contributed by atoms with Crippen LogP contribution in [0.25, 0.3) is 0 Å². The fraction of sp³-hybridized carbons (Fsp3) is 1.00. The highest BCUT2D eigenvalue weighted by Gasteiger charge is 2.27. The van der Waals surface area contributed by atoms with Gasteiger partial charge in [-0.1, -0.05) is 0 Å². The lowest BCUT2D eigenvalue weighted by atomic mass is 9.88. The molecule has 2 N–H and O–H groups in total. The van der Waals surface area contributed by atoms with Gasteiger partial charge in [0.25, 0.3) is 0 Å². The molecule has 3 heteroatoms. The minimum atomic E-state index is -0.0264. The van der Waals surface area contributed by atoms with Crippen molar-refractivity contribution >= 4 is 0 Å². The molecule has 2 fully saturated rings. The van der Waals surface area contributed by atoms with Crippen molar-refractivity contribution in [3.8, 4) is 0 Å². The van der Waals surface area contributed by atoms with Gasteiger partial charge in [-0.3, -0.25) is 0 Å². The second-order valence-corrected chi connectivity index (χ2v) is 5.00. The number of nitrogens with zero attached hydrogens (tertiary/aromatic N) is 1. The number of aliphatic hydroxyl groups is 1. The molecule has 1 saturated heterocycles. The van der Waals surface area contributed by atoms with E-state index in [-0.39, 0.29) is 6.10 Å². The maximum atomic E-state index is 9.15. The first-order chi connectivity index (χ1) is 6.74. The summed E-state index contributed by atoms with van der Waals surface area (Å²) in [7, 11) is 2.21. The van der Waals surface area contributed by atoms with Crippen molar-refractivity contribution in [1.82, 2.24) is 10.2 Å². The average Bonchev–Trinajstić information content (AvgIpc) is 2.11. The predicted octanol–water partition coefficient (Wildman–Crippen LogP) is 0.441. The number of aliphatic hydroxyl groups excluding tert-OH is 1. The van der Waals surface area contributed by atoms with Gasteiger partial charge in [-0.15, -0.1) is 0 Å². The Morgan fingerprint density at radius 3 is 2.86 bits per heavy atom. The number of hydrogen-bond donors (Lipinski definition) is 2. The molecule has 1 aliphatic carbocycles. The average molecular weight is 198 g/mol. The Balaban J connectivity index is 1.60. The van der Waals surface area contributed by atoms with Crippen LogP contribution in [0.2, 0.25) is 0 Å². The highest BCUT2D eigenvalue weighted by Crippen LogP contribution is 2.20. The van der Waals surface area contributed by atoms with E-state index in [1.165, 1.54) is 25.9 Å². The van der Waals surface area contributed by atoms with Crippen molar-refractivity contribution in [2.24, 2.45) is 5.92 Å². The first-order valence-corrected chi connectivity index (χ1v) is 5.84. The first kappa shape index (κ1) is 10.4. The van der Waals surface area contributed by atoms with Crippen LogP contribution >= 0.6 is 0 Å². The summed E-state index contributed by atoms with van der Waals surface area (Å²) in [6.07, 6.45) is 4.61.